The van der Waals surface area contributed by atoms with E-state index in [0.29, 0.717) is 23.3 Å². The van der Waals surface area contributed by atoms with Crippen LogP contribution in [-0.4, -0.2) is 58.4 Å². The van der Waals surface area contributed by atoms with Gasteiger partial charge in [0.2, 0.25) is 5.95 Å². The van der Waals surface area contributed by atoms with Gasteiger partial charge >= 0.3 is 0 Å². The van der Waals surface area contributed by atoms with Gasteiger partial charge in [-0.2, -0.15) is 0 Å². The van der Waals surface area contributed by atoms with Crippen molar-refractivity contribution in [3.63, 3.8) is 0 Å². The normalized spacial score (nSPS) is 19.9. The fourth-order valence-corrected chi connectivity index (χ4v) is 4.91. The fraction of sp³-hybridized carbons (Fsp3) is 0.370. The Labute approximate surface area is 207 Å². The molecule has 2 aromatic rings. The molecule has 0 unspecified atom stereocenters. The number of amides is 1. The number of aromatic nitrogens is 2. The molecule has 1 amide bonds. The summed E-state index contributed by atoms with van der Waals surface area (Å²) in [5.41, 5.74) is 5.55. The first-order valence-electron chi connectivity index (χ1n) is 12.1. The highest BCUT2D eigenvalue weighted by molar-refractivity contribution is 5.96. The topological polar surface area (TPSA) is 85.4 Å². The average molecular weight is 474 g/mol. The lowest BCUT2D eigenvalue weighted by atomic mass is 9.96. The van der Waals surface area contributed by atoms with E-state index < -0.39 is 0 Å². The Morgan fingerprint density at radius 3 is 2.71 bits per heavy atom. The second kappa shape index (κ2) is 10.7. The molecule has 1 fully saturated rings. The minimum atomic E-state index is 0.0899. The van der Waals surface area contributed by atoms with E-state index in [9.17, 15) is 4.79 Å². The van der Waals surface area contributed by atoms with Crippen LogP contribution in [0.5, 0.6) is 0 Å². The number of fused-ring (bicyclic) bond motifs is 1. The van der Waals surface area contributed by atoms with E-state index in [0.717, 1.165) is 55.1 Å². The Balaban J connectivity index is 1.37. The number of benzene rings is 1. The molecule has 0 saturated carbocycles. The van der Waals surface area contributed by atoms with Crippen molar-refractivity contribution in [2.24, 2.45) is 0 Å². The number of rotatable bonds is 8. The highest BCUT2D eigenvalue weighted by atomic mass is 16.2. The predicted molar refractivity (Wildman–Crippen MR) is 142 cm³/mol. The van der Waals surface area contributed by atoms with Gasteiger partial charge in [-0.1, -0.05) is 25.3 Å². The lowest BCUT2D eigenvalue weighted by Gasteiger charge is -2.41. The van der Waals surface area contributed by atoms with E-state index in [1.54, 1.807) is 6.08 Å². The minimum absolute atomic E-state index is 0.0899. The molecule has 2 aliphatic heterocycles. The molecule has 2 aliphatic rings. The molecule has 1 aromatic carbocycles. The van der Waals surface area contributed by atoms with Crippen molar-refractivity contribution >= 4 is 23.2 Å². The smallest absolute Gasteiger partial charge is 0.254 e. The van der Waals surface area contributed by atoms with Crippen LogP contribution in [0.2, 0.25) is 0 Å². The van der Waals surface area contributed by atoms with Gasteiger partial charge in [-0.15, -0.1) is 0 Å². The molecular formula is C27H35N7O. The van der Waals surface area contributed by atoms with E-state index in [2.05, 4.69) is 45.9 Å². The van der Waals surface area contributed by atoms with Crippen molar-refractivity contribution in [3.05, 3.63) is 78.3 Å². The van der Waals surface area contributed by atoms with E-state index >= 15 is 0 Å². The summed E-state index contributed by atoms with van der Waals surface area (Å²) >= 11 is 0. The summed E-state index contributed by atoms with van der Waals surface area (Å²) in [5, 5.41) is 9.45. The molecule has 3 heterocycles. The van der Waals surface area contributed by atoms with Gasteiger partial charge in [-0.25, -0.2) is 9.97 Å². The van der Waals surface area contributed by atoms with Crippen LogP contribution in [0, 0.1) is 0 Å². The third-order valence-corrected chi connectivity index (χ3v) is 6.82. The van der Waals surface area contributed by atoms with Gasteiger partial charge in [-0.3, -0.25) is 9.69 Å². The van der Waals surface area contributed by atoms with Crippen molar-refractivity contribution in [1.29, 1.82) is 0 Å². The zero-order chi connectivity index (χ0) is 24.9. The maximum atomic E-state index is 13.3. The number of carbonyl (C=O) groups is 1. The molecule has 35 heavy (non-hydrogen) atoms. The Hall–Kier alpha value is -3.65. The monoisotopic (exact) mass is 473 g/mol. The average Bonchev–Trinajstić information content (AvgIpc) is 3.30. The van der Waals surface area contributed by atoms with Crippen LogP contribution in [0.1, 0.15) is 41.4 Å². The number of hydrogen-bond donors (Lipinski definition) is 3. The molecule has 8 nitrogen and oxygen atoms in total. The Bertz CT molecular complexity index is 1140. The molecule has 2 atom stereocenters. The molecule has 184 valence electrons. The van der Waals surface area contributed by atoms with E-state index in [4.69, 9.17) is 4.98 Å². The van der Waals surface area contributed by atoms with Crippen molar-refractivity contribution in [1.82, 2.24) is 19.8 Å². The maximum absolute atomic E-state index is 13.3. The third kappa shape index (κ3) is 5.38. The molecule has 0 bridgehead atoms. The molecule has 0 radical (unpaired) electrons. The fourth-order valence-electron chi connectivity index (χ4n) is 4.91. The zero-order valence-corrected chi connectivity index (χ0v) is 20.8. The number of piperidine rings is 1. The number of anilines is 3. The summed E-state index contributed by atoms with van der Waals surface area (Å²) in [6, 6.07) is 6.35. The van der Waals surface area contributed by atoms with Gasteiger partial charge in [-0.05, 0) is 44.0 Å². The second-order valence-electron chi connectivity index (χ2n) is 9.10. The molecule has 4 rings (SSSR count). The standard InChI is InChI=1S/C27H35N7O/c1-6-7-8-18(2)31-27-30-15-21-16-33(17-25(21)32-27)22-11-12-34(19(3)13-22)26(35)20-9-10-23(28-4)24(14-20)29-5/h6-10,14-15,19,22,28-29H,1-2,11-13,16-17H2,3-5H3,(H,30,31,32)/b8-7-/t19-,22-/m1/s1. The second-order valence-corrected chi connectivity index (χ2v) is 9.10. The summed E-state index contributed by atoms with van der Waals surface area (Å²) in [4.78, 5) is 27.0. The Morgan fingerprint density at radius 1 is 1.20 bits per heavy atom. The first kappa shape index (κ1) is 24.5. The molecule has 8 heteroatoms. The van der Waals surface area contributed by atoms with Crippen LogP contribution < -0.4 is 16.0 Å². The summed E-state index contributed by atoms with van der Waals surface area (Å²) in [6.45, 7) is 12.2. The zero-order valence-electron chi connectivity index (χ0n) is 20.8. The highest BCUT2D eigenvalue weighted by Crippen LogP contribution is 2.31. The quantitative estimate of drug-likeness (QED) is 0.495. The lowest BCUT2D eigenvalue weighted by Crippen LogP contribution is -2.50. The summed E-state index contributed by atoms with van der Waals surface area (Å²) in [5.74, 6) is 0.649. The van der Waals surface area contributed by atoms with Crippen molar-refractivity contribution in [3.8, 4) is 0 Å². The predicted octanol–water partition coefficient (Wildman–Crippen LogP) is 4.24. The summed E-state index contributed by atoms with van der Waals surface area (Å²) in [6.07, 6.45) is 9.15. The third-order valence-electron chi connectivity index (χ3n) is 6.82. The lowest BCUT2D eigenvalue weighted by molar-refractivity contribution is 0.0460. The van der Waals surface area contributed by atoms with Crippen LogP contribution in [0.4, 0.5) is 17.3 Å². The largest absolute Gasteiger partial charge is 0.386 e. The minimum Gasteiger partial charge on any atom is -0.386 e. The highest BCUT2D eigenvalue weighted by Gasteiger charge is 2.35. The number of carbonyl (C=O) groups excluding carboxylic acids is 1. The van der Waals surface area contributed by atoms with E-state index in [-0.39, 0.29) is 11.9 Å². The SMILES string of the molecule is C=C/C=C\C(=C)Nc1ncc2c(n1)CN([C@@H]1CCN(C(=O)c3ccc(NC)c(NC)c3)[C@H](C)C1)C2. The van der Waals surface area contributed by atoms with Crippen LogP contribution in [0.25, 0.3) is 0 Å². The van der Waals surface area contributed by atoms with Gasteiger partial charge < -0.3 is 20.9 Å². The number of nitrogens with zero attached hydrogens (tertiary/aromatic N) is 4. The molecule has 0 spiro atoms. The van der Waals surface area contributed by atoms with Gasteiger partial charge in [0.1, 0.15) is 0 Å². The molecule has 3 N–H and O–H groups in total. The first-order chi connectivity index (χ1) is 16.9. The van der Waals surface area contributed by atoms with Crippen LogP contribution in [0.15, 0.2) is 61.5 Å². The van der Waals surface area contributed by atoms with E-state index in [1.807, 2.05) is 55.5 Å². The van der Waals surface area contributed by atoms with Gasteiger partial charge in [0.15, 0.2) is 0 Å². The van der Waals surface area contributed by atoms with E-state index in [1.165, 1.54) is 0 Å². The maximum Gasteiger partial charge on any atom is 0.254 e. The molecule has 1 saturated heterocycles. The van der Waals surface area contributed by atoms with Crippen LogP contribution in [-0.2, 0) is 13.1 Å². The molecule has 1 aromatic heterocycles. The number of hydrogen-bond acceptors (Lipinski definition) is 7. The van der Waals surface area contributed by atoms with Gasteiger partial charge in [0, 0.05) is 68.8 Å². The van der Waals surface area contributed by atoms with Crippen LogP contribution in [0.3, 0.4) is 0 Å². The Morgan fingerprint density at radius 2 is 2.00 bits per heavy atom. The number of likely N-dealkylation sites (tertiary alicyclic amines) is 1. The Kier molecular flexibility index (Phi) is 7.51. The van der Waals surface area contributed by atoms with Crippen molar-refractivity contribution in [2.45, 2.75) is 44.9 Å². The van der Waals surface area contributed by atoms with Crippen molar-refractivity contribution < 1.29 is 4.79 Å². The summed E-state index contributed by atoms with van der Waals surface area (Å²) < 4.78 is 0. The summed E-state index contributed by atoms with van der Waals surface area (Å²) in [7, 11) is 3.74. The van der Waals surface area contributed by atoms with Gasteiger partial charge in [0.05, 0.1) is 17.1 Å². The van der Waals surface area contributed by atoms with Crippen LogP contribution >= 0.6 is 0 Å². The molecular weight excluding hydrogens is 438 g/mol. The molecule has 0 aliphatic carbocycles. The number of nitrogens with one attached hydrogen (secondary N) is 3. The first-order valence-corrected chi connectivity index (χ1v) is 12.1. The van der Waals surface area contributed by atoms with Crippen molar-refractivity contribution in [2.75, 3.05) is 36.6 Å². The number of allylic oxidation sites excluding steroid dienone is 3. The van der Waals surface area contributed by atoms with Gasteiger partial charge in [0.25, 0.3) is 5.91 Å².